The molecule has 42 valence electrons. The highest BCUT2D eigenvalue weighted by atomic mass is 127. The van der Waals surface area contributed by atoms with Gasteiger partial charge < -0.3 is 9.90 Å². The van der Waals surface area contributed by atoms with Crippen LogP contribution in [0.1, 0.15) is 0 Å². The van der Waals surface area contributed by atoms with Crippen molar-refractivity contribution in [2.24, 2.45) is 0 Å². The van der Waals surface area contributed by atoms with Gasteiger partial charge >= 0.3 is 0 Å². The van der Waals surface area contributed by atoms with Crippen molar-refractivity contribution in [3.63, 3.8) is 0 Å². The number of aliphatic carboxylic acids is 1. The fraction of sp³-hybridized carbons (Fsp3) is 0.667. The highest BCUT2D eigenvalue weighted by molar-refractivity contribution is 14.1. The van der Waals surface area contributed by atoms with Gasteiger partial charge in [0.15, 0.2) is 0 Å². The maximum absolute atomic E-state index is 9.81. The van der Waals surface area contributed by atoms with Gasteiger partial charge in [-0.1, -0.05) is 45.2 Å². The van der Waals surface area contributed by atoms with E-state index in [0.717, 1.165) is 0 Å². The summed E-state index contributed by atoms with van der Waals surface area (Å²) in [5.74, 6) is -0.977. The Morgan fingerprint density at radius 3 is 2.29 bits per heavy atom. The summed E-state index contributed by atoms with van der Waals surface area (Å²) in [7, 11) is 0. The lowest BCUT2D eigenvalue weighted by atomic mass is 10.5. The minimum Gasteiger partial charge on any atom is -0.549 e. The number of carboxylic acids is 1. The van der Waals surface area contributed by atoms with Crippen molar-refractivity contribution in [1.29, 1.82) is 0 Å². The third kappa shape index (κ3) is 3.51. The molecule has 7 heavy (non-hydrogen) atoms. The van der Waals surface area contributed by atoms with Crippen LogP contribution in [0.4, 0.5) is 0 Å². The number of carboxylic acid groups (broad SMARTS) is 1. The molecule has 0 aliphatic heterocycles. The average molecular weight is 325 g/mol. The summed E-state index contributed by atoms with van der Waals surface area (Å²) in [6, 6.07) is 0. The van der Waals surface area contributed by atoms with Gasteiger partial charge in [0.2, 0.25) is 0 Å². The molecule has 0 spiro atoms. The van der Waals surface area contributed by atoms with Gasteiger partial charge in [0.25, 0.3) is 0 Å². The molecule has 0 saturated heterocycles. The lowest BCUT2D eigenvalue weighted by Gasteiger charge is -2.03. The van der Waals surface area contributed by atoms with Gasteiger partial charge in [0.1, 0.15) is 0 Å². The first-order chi connectivity index (χ1) is 3.18. The quantitative estimate of drug-likeness (QED) is 0.529. The second kappa shape index (κ2) is 3.88. The van der Waals surface area contributed by atoms with Crippen LogP contribution in [-0.4, -0.2) is 14.3 Å². The number of rotatable bonds is 2. The Hall–Kier alpha value is 0.930. The van der Waals surface area contributed by atoms with E-state index in [0.29, 0.717) is 4.43 Å². The summed E-state index contributed by atoms with van der Waals surface area (Å²) in [6.45, 7) is 0. The highest BCUT2D eigenvalue weighted by Gasteiger charge is 1.98. The average Bonchev–Trinajstić information content (AvgIpc) is 1.65. The Labute approximate surface area is 68.9 Å². The molecule has 0 heterocycles. The fourth-order valence-corrected chi connectivity index (χ4v) is 0.423. The molecular formula is C3H3I2O2-. The SMILES string of the molecule is O=C([O-])C(I)CI. The van der Waals surface area contributed by atoms with E-state index in [1.54, 1.807) is 0 Å². The first kappa shape index (κ1) is 7.93. The minimum atomic E-state index is -0.977. The highest BCUT2D eigenvalue weighted by Crippen LogP contribution is 2.01. The van der Waals surface area contributed by atoms with Crippen molar-refractivity contribution in [1.82, 2.24) is 0 Å². The summed E-state index contributed by atoms with van der Waals surface area (Å²) in [5, 5.41) is 9.81. The normalized spacial score (nSPS) is 13.4. The van der Waals surface area contributed by atoms with E-state index in [1.807, 2.05) is 45.2 Å². The molecule has 0 saturated carbocycles. The van der Waals surface area contributed by atoms with Gasteiger partial charge in [-0.2, -0.15) is 0 Å². The Balaban J connectivity index is 3.34. The monoisotopic (exact) mass is 325 g/mol. The van der Waals surface area contributed by atoms with Crippen LogP contribution in [-0.2, 0) is 4.79 Å². The van der Waals surface area contributed by atoms with E-state index >= 15 is 0 Å². The molecule has 0 aromatic heterocycles. The van der Waals surface area contributed by atoms with Gasteiger partial charge in [-0.05, 0) is 0 Å². The molecule has 0 aromatic rings. The van der Waals surface area contributed by atoms with Crippen molar-refractivity contribution in [2.75, 3.05) is 4.43 Å². The largest absolute Gasteiger partial charge is 0.549 e. The van der Waals surface area contributed by atoms with Gasteiger partial charge in [0, 0.05) is 4.43 Å². The maximum atomic E-state index is 9.81. The second-order valence-electron chi connectivity index (χ2n) is 0.941. The molecule has 1 unspecified atom stereocenters. The van der Waals surface area contributed by atoms with Crippen molar-refractivity contribution >= 4 is 51.2 Å². The number of halogens is 2. The molecule has 0 aliphatic rings. The summed E-state index contributed by atoms with van der Waals surface area (Å²) in [6.07, 6.45) is 0. The van der Waals surface area contributed by atoms with Crippen molar-refractivity contribution in [3.8, 4) is 0 Å². The van der Waals surface area contributed by atoms with Crippen molar-refractivity contribution < 1.29 is 9.90 Å². The van der Waals surface area contributed by atoms with Crippen molar-refractivity contribution in [2.45, 2.75) is 3.92 Å². The lowest BCUT2D eigenvalue weighted by Crippen LogP contribution is -2.32. The van der Waals surface area contributed by atoms with Crippen LogP contribution in [0.3, 0.4) is 0 Å². The fourth-order valence-electron chi connectivity index (χ4n) is 0.0630. The van der Waals surface area contributed by atoms with Crippen LogP contribution in [0, 0.1) is 0 Å². The van der Waals surface area contributed by atoms with Crippen LogP contribution in [0.15, 0.2) is 0 Å². The Bertz CT molecular complexity index is 73.3. The summed E-state index contributed by atoms with van der Waals surface area (Å²) in [5.41, 5.74) is 0. The number of carbonyl (C=O) groups is 1. The third-order valence-corrected chi connectivity index (χ3v) is 3.91. The van der Waals surface area contributed by atoms with E-state index in [2.05, 4.69) is 0 Å². The molecule has 0 bridgehead atoms. The molecule has 1 atom stereocenters. The molecule has 0 rings (SSSR count). The van der Waals surface area contributed by atoms with Gasteiger partial charge in [-0.25, -0.2) is 0 Å². The van der Waals surface area contributed by atoms with E-state index in [-0.39, 0.29) is 3.92 Å². The third-order valence-electron chi connectivity index (χ3n) is 0.391. The van der Waals surface area contributed by atoms with Crippen molar-refractivity contribution in [3.05, 3.63) is 0 Å². The van der Waals surface area contributed by atoms with E-state index in [9.17, 15) is 9.90 Å². The molecule has 0 amide bonds. The maximum Gasteiger partial charge on any atom is 0.0594 e. The second-order valence-corrected chi connectivity index (χ2v) is 3.33. The molecule has 0 N–H and O–H groups in total. The van der Waals surface area contributed by atoms with E-state index in [1.165, 1.54) is 0 Å². The zero-order valence-electron chi connectivity index (χ0n) is 3.36. The zero-order chi connectivity index (χ0) is 5.86. The van der Waals surface area contributed by atoms with E-state index in [4.69, 9.17) is 0 Å². The molecular weight excluding hydrogens is 322 g/mol. The first-order valence-corrected chi connectivity index (χ1v) is 4.36. The molecule has 2 nitrogen and oxygen atoms in total. The van der Waals surface area contributed by atoms with Gasteiger partial charge in [-0.15, -0.1) is 0 Å². The Kier molecular flexibility index (Phi) is 4.39. The summed E-state index contributed by atoms with van der Waals surface area (Å²) < 4.78 is 0.277. The van der Waals surface area contributed by atoms with Crippen LogP contribution in [0.25, 0.3) is 0 Å². The topological polar surface area (TPSA) is 40.1 Å². The predicted octanol–water partition coefficient (Wildman–Crippen LogP) is -0.0251. The summed E-state index contributed by atoms with van der Waals surface area (Å²) in [4.78, 5) is 9.81. The standard InChI is InChI=1S/C3H4I2O2/c4-1-2(5)3(6)7/h2H,1H2,(H,6,7)/p-1. The van der Waals surface area contributed by atoms with Crippen LogP contribution in [0.5, 0.6) is 0 Å². The summed E-state index contributed by atoms with van der Waals surface area (Å²) >= 11 is 3.83. The minimum absolute atomic E-state index is 0.335. The predicted molar refractivity (Wildman–Crippen MR) is 41.7 cm³/mol. The number of alkyl halides is 2. The molecule has 0 aromatic carbocycles. The smallest absolute Gasteiger partial charge is 0.0594 e. The number of hydrogen-bond acceptors (Lipinski definition) is 2. The first-order valence-electron chi connectivity index (χ1n) is 1.59. The molecule has 4 heteroatoms. The van der Waals surface area contributed by atoms with Crippen LogP contribution < -0.4 is 5.11 Å². The molecule has 0 radical (unpaired) electrons. The van der Waals surface area contributed by atoms with Gasteiger partial charge in [-0.3, -0.25) is 0 Å². The molecule has 0 fully saturated rings. The van der Waals surface area contributed by atoms with Crippen LogP contribution >= 0.6 is 45.2 Å². The lowest BCUT2D eigenvalue weighted by molar-refractivity contribution is -0.303. The Morgan fingerprint density at radius 1 is 1.86 bits per heavy atom. The van der Waals surface area contributed by atoms with Gasteiger partial charge in [0.05, 0.1) is 9.89 Å². The Morgan fingerprint density at radius 2 is 2.29 bits per heavy atom. The number of hydrogen-bond donors (Lipinski definition) is 0. The zero-order valence-corrected chi connectivity index (χ0v) is 7.67. The van der Waals surface area contributed by atoms with E-state index < -0.39 is 5.97 Å². The van der Waals surface area contributed by atoms with Crippen LogP contribution in [0.2, 0.25) is 0 Å². The molecule has 0 aliphatic carbocycles. The number of carbonyl (C=O) groups excluding carboxylic acids is 1.